The van der Waals surface area contributed by atoms with Gasteiger partial charge in [0.2, 0.25) is 5.91 Å². The maximum atomic E-state index is 11.6. The van der Waals surface area contributed by atoms with E-state index in [4.69, 9.17) is 0 Å². The van der Waals surface area contributed by atoms with Crippen LogP contribution in [0.4, 0.5) is 0 Å². The Balaban J connectivity index is 4.01. The predicted octanol–water partition coefficient (Wildman–Crippen LogP) is 2.89. The van der Waals surface area contributed by atoms with Gasteiger partial charge in [0.25, 0.3) is 0 Å². The van der Waals surface area contributed by atoms with E-state index in [-0.39, 0.29) is 5.91 Å². The molecule has 0 aliphatic carbocycles. The number of carbonyl (C=O) groups is 1. The Kier molecular flexibility index (Phi) is 7.56. The molecule has 0 aliphatic rings. The molecule has 0 fully saturated rings. The van der Waals surface area contributed by atoms with Crippen LogP contribution in [0.5, 0.6) is 0 Å². The molecule has 0 bridgehead atoms. The summed E-state index contributed by atoms with van der Waals surface area (Å²) in [6.07, 6.45) is 11.7. The summed E-state index contributed by atoms with van der Waals surface area (Å²) < 4.78 is 0. The van der Waals surface area contributed by atoms with Gasteiger partial charge in [-0.2, -0.15) is 0 Å². The van der Waals surface area contributed by atoms with E-state index >= 15 is 0 Å². The lowest BCUT2D eigenvalue weighted by atomic mass is 10.3. The molecule has 0 rings (SSSR count). The average Bonchev–Trinajstić information content (AvgIpc) is 2.20. The van der Waals surface area contributed by atoms with Gasteiger partial charge in [-0.05, 0) is 43.4 Å². The van der Waals surface area contributed by atoms with Crippen LogP contribution in [0, 0.1) is 0 Å². The van der Waals surface area contributed by atoms with Gasteiger partial charge < -0.3 is 4.90 Å². The van der Waals surface area contributed by atoms with Crippen LogP contribution in [-0.2, 0) is 4.79 Å². The summed E-state index contributed by atoms with van der Waals surface area (Å²) in [6, 6.07) is 0. The van der Waals surface area contributed by atoms with Gasteiger partial charge in [-0.3, -0.25) is 4.79 Å². The molecule has 0 saturated heterocycles. The zero-order chi connectivity index (χ0) is 12.6. The number of rotatable bonds is 8. The zero-order valence-corrected chi connectivity index (χ0v) is 12.1. The molecule has 0 heterocycles. The number of amides is 1. The van der Waals surface area contributed by atoms with Crippen molar-refractivity contribution in [3.63, 3.8) is 0 Å². The molecule has 0 N–H and O–H groups in total. The maximum Gasteiger partial charge on any atom is 0.245 e. The second-order valence-corrected chi connectivity index (χ2v) is 9.62. The first-order valence-corrected chi connectivity index (χ1v) is 9.00. The van der Waals surface area contributed by atoms with Crippen molar-refractivity contribution in [2.24, 2.45) is 0 Å². The minimum absolute atomic E-state index is 0.0809. The van der Waals surface area contributed by atoms with Crippen LogP contribution in [-0.4, -0.2) is 48.4 Å². The summed E-state index contributed by atoms with van der Waals surface area (Å²) in [5.74, 6) is 1.32. The summed E-state index contributed by atoms with van der Waals surface area (Å²) in [7, 11) is -0.437. The van der Waals surface area contributed by atoms with Gasteiger partial charge >= 0.3 is 0 Å². The molecular formula is C13H27NOS. The maximum absolute atomic E-state index is 11.6. The molecular weight excluding hydrogens is 218 g/mol. The third-order valence-electron chi connectivity index (χ3n) is 2.45. The Labute approximate surface area is 102 Å². The smallest absolute Gasteiger partial charge is 0.245 e. The fourth-order valence-electron chi connectivity index (χ4n) is 1.50. The summed E-state index contributed by atoms with van der Waals surface area (Å²) >= 11 is 0. The molecule has 2 nitrogen and oxygen atoms in total. The van der Waals surface area contributed by atoms with E-state index in [9.17, 15) is 4.79 Å². The van der Waals surface area contributed by atoms with Gasteiger partial charge in [0.15, 0.2) is 0 Å². The van der Waals surface area contributed by atoms with Gasteiger partial charge in [0.1, 0.15) is 0 Å². The van der Waals surface area contributed by atoms with Crippen LogP contribution in [0.2, 0.25) is 0 Å². The van der Waals surface area contributed by atoms with Gasteiger partial charge in [0, 0.05) is 13.1 Å². The van der Waals surface area contributed by atoms with E-state index in [2.05, 4.69) is 32.3 Å². The topological polar surface area (TPSA) is 20.3 Å². The summed E-state index contributed by atoms with van der Waals surface area (Å²) in [5.41, 5.74) is 0. The second-order valence-electron chi connectivity index (χ2n) is 5.03. The van der Waals surface area contributed by atoms with Crippen molar-refractivity contribution in [3.05, 3.63) is 12.7 Å². The Morgan fingerprint density at radius 3 is 2.25 bits per heavy atom. The van der Waals surface area contributed by atoms with E-state index in [0.717, 1.165) is 32.4 Å². The summed E-state index contributed by atoms with van der Waals surface area (Å²) in [6.45, 7) is 7.47. The highest BCUT2D eigenvalue weighted by Crippen LogP contribution is 2.34. The SMILES string of the molecule is C=CC(=O)N(CCCC)CCCS(C)(C)C. The molecule has 16 heavy (non-hydrogen) atoms. The second kappa shape index (κ2) is 7.77. The third-order valence-corrected chi connectivity index (χ3v) is 3.97. The number of hydrogen-bond acceptors (Lipinski definition) is 1. The fraction of sp³-hybridized carbons (Fsp3) is 0.769. The van der Waals surface area contributed by atoms with Crippen LogP contribution in [0.15, 0.2) is 12.7 Å². The molecule has 0 atom stereocenters. The van der Waals surface area contributed by atoms with Gasteiger partial charge in [0.05, 0.1) is 0 Å². The molecule has 1 amide bonds. The molecule has 0 radical (unpaired) electrons. The van der Waals surface area contributed by atoms with Crippen molar-refractivity contribution in [2.45, 2.75) is 26.2 Å². The van der Waals surface area contributed by atoms with E-state index in [1.54, 1.807) is 0 Å². The van der Waals surface area contributed by atoms with Crippen LogP contribution in [0.1, 0.15) is 26.2 Å². The van der Waals surface area contributed by atoms with Crippen LogP contribution in [0.3, 0.4) is 0 Å². The van der Waals surface area contributed by atoms with Crippen molar-refractivity contribution in [1.82, 2.24) is 4.90 Å². The third kappa shape index (κ3) is 7.80. The first kappa shape index (κ1) is 15.6. The van der Waals surface area contributed by atoms with E-state index in [1.807, 2.05) is 4.90 Å². The van der Waals surface area contributed by atoms with Gasteiger partial charge in [-0.25, -0.2) is 10.0 Å². The lowest BCUT2D eigenvalue weighted by Crippen LogP contribution is -2.32. The summed E-state index contributed by atoms with van der Waals surface area (Å²) in [4.78, 5) is 13.5. The van der Waals surface area contributed by atoms with E-state index in [1.165, 1.54) is 11.8 Å². The first-order chi connectivity index (χ1) is 7.40. The molecule has 0 aliphatic heterocycles. The highest BCUT2D eigenvalue weighted by molar-refractivity contribution is 8.32. The largest absolute Gasteiger partial charge is 0.339 e. The van der Waals surface area contributed by atoms with Crippen LogP contribution >= 0.6 is 10.0 Å². The number of nitrogens with zero attached hydrogens (tertiary/aromatic N) is 1. The minimum atomic E-state index is -0.437. The lowest BCUT2D eigenvalue weighted by molar-refractivity contribution is -0.126. The molecule has 3 heteroatoms. The average molecular weight is 245 g/mol. The quantitative estimate of drug-likeness (QED) is 0.602. The van der Waals surface area contributed by atoms with Gasteiger partial charge in [-0.1, -0.05) is 19.9 Å². The molecule has 96 valence electrons. The molecule has 0 unspecified atom stereocenters. The molecule has 0 aromatic heterocycles. The van der Waals surface area contributed by atoms with Crippen LogP contribution in [0.25, 0.3) is 0 Å². The van der Waals surface area contributed by atoms with Crippen molar-refractivity contribution < 1.29 is 4.79 Å². The highest BCUT2D eigenvalue weighted by Gasteiger charge is 2.10. The molecule has 0 aromatic rings. The van der Waals surface area contributed by atoms with E-state index in [0.29, 0.717) is 0 Å². The highest BCUT2D eigenvalue weighted by atomic mass is 32.3. The standard InChI is InChI=1S/C13H27NOS/c1-6-8-10-14(13(15)7-2)11-9-12-16(3,4)5/h7H,2,6,8-12H2,1,3-5H3. The fourth-order valence-corrected chi connectivity index (χ4v) is 2.49. The molecule has 0 saturated carbocycles. The Hall–Kier alpha value is -0.440. The lowest BCUT2D eigenvalue weighted by Gasteiger charge is -2.27. The number of hydrogen-bond donors (Lipinski definition) is 0. The Morgan fingerprint density at radius 2 is 1.81 bits per heavy atom. The van der Waals surface area contributed by atoms with Crippen LogP contribution < -0.4 is 0 Å². The first-order valence-electron chi connectivity index (χ1n) is 5.98. The van der Waals surface area contributed by atoms with Crippen molar-refractivity contribution in [2.75, 3.05) is 37.6 Å². The van der Waals surface area contributed by atoms with Crippen molar-refractivity contribution >= 4 is 15.9 Å². The van der Waals surface area contributed by atoms with Crippen molar-refractivity contribution in [3.8, 4) is 0 Å². The number of unbranched alkanes of at least 4 members (excludes halogenated alkanes) is 1. The normalized spacial score (nSPS) is 12.2. The zero-order valence-electron chi connectivity index (χ0n) is 11.3. The Bertz CT molecular complexity index is 220. The van der Waals surface area contributed by atoms with Crippen molar-refractivity contribution in [1.29, 1.82) is 0 Å². The van der Waals surface area contributed by atoms with E-state index < -0.39 is 10.0 Å². The molecule has 0 spiro atoms. The monoisotopic (exact) mass is 245 g/mol. The summed E-state index contributed by atoms with van der Waals surface area (Å²) in [5, 5.41) is 0. The molecule has 0 aromatic carbocycles. The van der Waals surface area contributed by atoms with Gasteiger partial charge in [-0.15, -0.1) is 0 Å². The minimum Gasteiger partial charge on any atom is -0.339 e. The Morgan fingerprint density at radius 1 is 1.25 bits per heavy atom. The predicted molar refractivity (Wildman–Crippen MR) is 76.5 cm³/mol. The number of carbonyl (C=O) groups excluding carboxylic acids is 1.